The van der Waals surface area contributed by atoms with Gasteiger partial charge in [-0.1, -0.05) is 65.7 Å². The predicted molar refractivity (Wildman–Crippen MR) is 88.6 cm³/mol. The zero-order valence-electron chi connectivity index (χ0n) is 11.4. The second-order valence-electron chi connectivity index (χ2n) is 4.91. The molecule has 0 atom stereocenters. The summed E-state index contributed by atoms with van der Waals surface area (Å²) in [7, 11) is 0. The van der Waals surface area contributed by atoms with Crippen LogP contribution < -0.4 is 0 Å². The second-order valence-corrected chi connectivity index (χ2v) is 5.69. The van der Waals surface area contributed by atoms with E-state index in [1.165, 1.54) is 0 Å². The van der Waals surface area contributed by atoms with Crippen LogP contribution in [-0.2, 0) is 0 Å². The first-order valence-corrected chi connectivity index (χ1v) is 7.32. The van der Waals surface area contributed by atoms with Gasteiger partial charge in [0.05, 0.1) is 10.0 Å². The first-order valence-electron chi connectivity index (χ1n) is 6.56. The van der Waals surface area contributed by atoms with Gasteiger partial charge in [0.1, 0.15) is 0 Å². The molecule has 0 saturated carbocycles. The maximum Gasteiger partial charge on any atom is 0.195 e. The molecule has 0 aliphatic carbocycles. The highest BCUT2D eigenvalue weighted by atomic mass is 35.5. The zero-order valence-corrected chi connectivity index (χ0v) is 12.9. The van der Waals surface area contributed by atoms with Crippen molar-refractivity contribution in [1.82, 2.24) is 0 Å². The molecule has 0 bridgehead atoms. The van der Waals surface area contributed by atoms with Crippen LogP contribution >= 0.6 is 23.2 Å². The van der Waals surface area contributed by atoms with Crippen molar-refractivity contribution in [3.8, 4) is 0 Å². The number of fused-ring (bicyclic) bond motifs is 1. The summed E-state index contributed by atoms with van der Waals surface area (Å²) in [4.78, 5) is 12.8. The van der Waals surface area contributed by atoms with Gasteiger partial charge in [-0.05, 0) is 35.4 Å². The number of carbonyl (C=O) groups excluding carboxylic acids is 1. The van der Waals surface area contributed by atoms with Gasteiger partial charge in [-0.15, -0.1) is 0 Å². The van der Waals surface area contributed by atoms with E-state index in [-0.39, 0.29) is 5.78 Å². The van der Waals surface area contributed by atoms with Gasteiger partial charge in [-0.3, -0.25) is 4.79 Å². The van der Waals surface area contributed by atoms with Gasteiger partial charge in [0.25, 0.3) is 0 Å². The molecule has 0 amide bonds. The number of ketones is 1. The molecule has 0 spiro atoms. The van der Waals surface area contributed by atoms with Crippen molar-refractivity contribution in [2.24, 2.45) is 0 Å². The Morgan fingerprint density at radius 1 is 0.810 bits per heavy atom. The standard InChI is InChI=1S/C18H12Cl2O/c1-11-9-10-14(13-6-3-2-5-12(11)13)18(21)15-7-4-8-16(19)17(15)20/h2-10H,1H3. The van der Waals surface area contributed by atoms with Crippen molar-refractivity contribution < 1.29 is 4.79 Å². The van der Waals surface area contributed by atoms with E-state index in [0.29, 0.717) is 21.2 Å². The lowest BCUT2D eigenvalue weighted by atomic mass is 9.95. The summed E-state index contributed by atoms with van der Waals surface area (Å²) in [5.74, 6) is -0.112. The molecule has 0 N–H and O–H groups in total. The van der Waals surface area contributed by atoms with E-state index in [4.69, 9.17) is 23.2 Å². The molecule has 3 rings (SSSR count). The Balaban J connectivity index is 2.23. The van der Waals surface area contributed by atoms with E-state index in [0.717, 1.165) is 16.3 Å². The summed E-state index contributed by atoms with van der Waals surface area (Å²) in [6, 6.07) is 16.8. The molecule has 0 heterocycles. The lowest BCUT2D eigenvalue weighted by Gasteiger charge is -2.10. The maximum absolute atomic E-state index is 12.8. The van der Waals surface area contributed by atoms with Gasteiger partial charge in [0.15, 0.2) is 5.78 Å². The van der Waals surface area contributed by atoms with Crippen molar-refractivity contribution in [3.05, 3.63) is 81.3 Å². The maximum atomic E-state index is 12.8. The molecule has 0 aliphatic rings. The van der Waals surface area contributed by atoms with Gasteiger partial charge in [-0.25, -0.2) is 0 Å². The van der Waals surface area contributed by atoms with Crippen LogP contribution in [0.15, 0.2) is 54.6 Å². The molecule has 0 saturated heterocycles. The topological polar surface area (TPSA) is 17.1 Å². The lowest BCUT2D eigenvalue weighted by Crippen LogP contribution is -2.03. The normalized spacial score (nSPS) is 10.8. The molecule has 0 unspecified atom stereocenters. The van der Waals surface area contributed by atoms with Crippen LogP contribution in [0.4, 0.5) is 0 Å². The molecule has 0 radical (unpaired) electrons. The fraction of sp³-hybridized carbons (Fsp3) is 0.0556. The Morgan fingerprint density at radius 2 is 1.52 bits per heavy atom. The highest BCUT2D eigenvalue weighted by molar-refractivity contribution is 6.44. The van der Waals surface area contributed by atoms with Crippen LogP contribution in [0.3, 0.4) is 0 Å². The number of hydrogen-bond donors (Lipinski definition) is 0. The highest BCUT2D eigenvalue weighted by Crippen LogP contribution is 2.30. The van der Waals surface area contributed by atoms with E-state index < -0.39 is 0 Å². The predicted octanol–water partition coefficient (Wildman–Crippen LogP) is 5.69. The number of hydrogen-bond acceptors (Lipinski definition) is 1. The van der Waals surface area contributed by atoms with Crippen LogP contribution in [0, 0.1) is 6.92 Å². The van der Waals surface area contributed by atoms with Crippen LogP contribution in [-0.4, -0.2) is 5.78 Å². The summed E-state index contributed by atoms with van der Waals surface area (Å²) in [6.45, 7) is 2.03. The summed E-state index contributed by atoms with van der Waals surface area (Å²) in [6.07, 6.45) is 0. The molecule has 0 aliphatic heterocycles. The molecule has 3 heteroatoms. The van der Waals surface area contributed by atoms with Crippen molar-refractivity contribution in [2.75, 3.05) is 0 Å². The Labute approximate surface area is 133 Å². The van der Waals surface area contributed by atoms with Crippen LogP contribution in [0.1, 0.15) is 21.5 Å². The van der Waals surface area contributed by atoms with E-state index >= 15 is 0 Å². The van der Waals surface area contributed by atoms with E-state index in [9.17, 15) is 4.79 Å². The smallest absolute Gasteiger partial charge is 0.195 e. The third-order valence-electron chi connectivity index (χ3n) is 3.58. The molecule has 21 heavy (non-hydrogen) atoms. The highest BCUT2D eigenvalue weighted by Gasteiger charge is 2.17. The number of rotatable bonds is 2. The Morgan fingerprint density at radius 3 is 2.29 bits per heavy atom. The molecule has 104 valence electrons. The molecule has 3 aromatic rings. The van der Waals surface area contributed by atoms with Crippen molar-refractivity contribution in [1.29, 1.82) is 0 Å². The lowest BCUT2D eigenvalue weighted by molar-refractivity contribution is 0.104. The molecular formula is C18H12Cl2O. The molecule has 1 nitrogen and oxygen atoms in total. The number of benzene rings is 3. The monoisotopic (exact) mass is 314 g/mol. The first-order chi connectivity index (χ1) is 10.1. The second kappa shape index (κ2) is 5.51. The minimum atomic E-state index is -0.112. The van der Waals surface area contributed by atoms with Crippen molar-refractivity contribution in [3.63, 3.8) is 0 Å². The van der Waals surface area contributed by atoms with Crippen LogP contribution in [0.25, 0.3) is 10.8 Å². The van der Waals surface area contributed by atoms with Crippen LogP contribution in [0.2, 0.25) is 10.0 Å². The third kappa shape index (κ3) is 2.44. The van der Waals surface area contributed by atoms with E-state index in [1.807, 2.05) is 43.3 Å². The molecular weight excluding hydrogens is 303 g/mol. The van der Waals surface area contributed by atoms with E-state index in [1.54, 1.807) is 18.2 Å². The number of halogens is 2. The fourth-order valence-corrected chi connectivity index (χ4v) is 2.86. The van der Waals surface area contributed by atoms with Gasteiger partial charge in [0.2, 0.25) is 0 Å². The Hall–Kier alpha value is -1.83. The minimum absolute atomic E-state index is 0.112. The third-order valence-corrected chi connectivity index (χ3v) is 4.40. The minimum Gasteiger partial charge on any atom is -0.289 e. The van der Waals surface area contributed by atoms with Gasteiger partial charge >= 0.3 is 0 Å². The van der Waals surface area contributed by atoms with Crippen molar-refractivity contribution in [2.45, 2.75) is 6.92 Å². The number of carbonyl (C=O) groups is 1. The van der Waals surface area contributed by atoms with E-state index in [2.05, 4.69) is 0 Å². The molecule has 0 fully saturated rings. The summed E-state index contributed by atoms with van der Waals surface area (Å²) < 4.78 is 0. The van der Waals surface area contributed by atoms with Gasteiger partial charge in [0, 0.05) is 11.1 Å². The van der Waals surface area contributed by atoms with Gasteiger partial charge in [-0.2, -0.15) is 0 Å². The summed E-state index contributed by atoms with van der Waals surface area (Å²) >= 11 is 12.2. The molecule has 0 aromatic heterocycles. The Bertz CT molecular complexity index is 853. The summed E-state index contributed by atoms with van der Waals surface area (Å²) in [5, 5.41) is 2.69. The average molecular weight is 315 g/mol. The fourth-order valence-electron chi connectivity index (χ4n) is 2.47. The largest absolute Gasteiger partial charge is 0.289 e. The van der Waals surface area contributed by atoms with Crippen molar-refractivity contribution >= 4 is 39.8 Å². The first kappa shape index (κ1) is 14.1. The summed E-state index contributed by atoms with van der Waals surface area (Å²) in [5.41, 5.74) is 2.21. The zero-order chi connectivity index (χ0) is 15.0. The molecule has 3 aromatic carbocycles. The van der Waals surface area contributed by atoms with Crippen LogP contribution in [0.5, 0.6) is 0 Å². The number of aryl methyl sites for hydroxylation is 1. The Kier molecular flexibility index (Phi) is 3.71. The SMILES string of the molecule is Cc1ccc(C(=O)c2cccc(Cl)c2Cl)c2ccccc12. The average Bonchev–Trinajstić information content (AvgIpc) is 2.50. The quantitative estimate of drug-likeness (QED) is 0.556. The van der Waals surface area contributed by atoms with Gasteiger partial charge < -0.3 is 0 Å².